The van der Waals surface area contributed by atoms with Crippen molar-refractivity contribution in [2.24, 2.45) is 10.9 Å². The summed E-state index contributed by atoms with van der Waals surface area (Å²) in [6, 6.07) is 11.8. The zero-order chi connectivity index (χ0) is 22.0. The van der Waals surface area contributed by atoms with E-state index in [-0.39, 0.29) is 11.8 Å². The molecule has 1 unspecified atom stereocenters. The molecule has 0 spiro atoms. The predicted molar refractivity (Wildman–Crippen MR) is 131 cm³/mol. The lowest BCUT2D eigenvalue weighted by molar-refractivity contribution is -0.123. The van der Waals surface area contributed by atoms with Gasteiger partial charge in [-0.3, -0.25) is 9.79 Å². The number of unbranched alkanes of at least 4 members (excludes halogenated alkanes) is 1. The number of benzene rings is 2. The van der Waals surface area contributed by atoms with Crippen LogP contribution in [0.25, 0.3) is 0 Å². The summed E-state index contributed by atoms with van der Waals surface area (Å²) in [6.07, 6.45) is 6.64. The highest BCUT2D eigenvalue weighted by molar-refractivity contribution is 8.03. The molecule has 0 saturated carbocycles. The summed E-state index contributed by atoms with van der Waals surface area (Å²) in [5, 5.41) is 4.19. The van der Waals surface area contributed by atoms with E-state index in [9.17, 15) is 4.79 Å². The molecule has 1 amide bonds. The number of aliphatic imine (C=N–C) groups is 1. The lowest BCUT2D eigenvalue weighted by Gasteiger charge is -2.19. The number of hydrogen-bond donors (Lipinski definition) is 1. The van der Waals surface area contributed by atoms with Crippen LogP contribution in [0.15, 0.2) is 69.0 Å². The molecule has 2 aromatic carbocycles. The monoisotopic (exact) mass is 470 g/mol. The second-order valence-corrected chi connectivity index (χ2v) is 9.74. The number of halogens is 2. The second-order valence-electron chi connectivity index (χ2n) is 7.81. The number of carbonyl (C=O) groups is 1. The maximum absolute atomic E-state index is 12.7. The van der Waals surface area contributed by atoms with Crippen molar-refractivity contribution in [1.82, 2.24) is 5.32 Å². The summed E-state index contributed by atoms with van der Waals surface area (Å²) in [6.45, 7) is 4.91. The fourth-order valence-electron chi connectivity index (χ4n) is 3.68. The molecule has 0 saturated heterocycles. The molecule has 1 aliphatic heterocycles. The first-order valence-corrected chi connectivity index (χ1v) is 12.1. The highest BCUT2D eigenvalue weighted by Gasteiger charge is 2.27. The maximum atomic E-state index is 12.7. The van der Waals surface area contributed by atoms with E-state index in [4.69, 9.17) is 28.2 Å². The summed E-state index contributed by atoms with van der Waals surface area (Å²) in [4.78, 5) is 19.9. The fourth-order valence-corrected chi connectivity index (χ4v) is 5.33. The van der Waals surface area contributed by atoms with Crippen molar-refractivity contribution in [2.45, 2.75) is 38.0 Å². The first kappa shape index (κ1) is 22.2. The molecule has 2 aromatic rings. The Labute approximate surface area is 197 Å². The molecule has 4 rings (SSSR count). The molecule has 0 fully saturated rings. The van der Waals surface area contributed by atoms with Crippen LogP contribution >= 0.6 is 35.0 Å². The third-order valence-electron chi connectivity index (χ3n) is 5.39. The number of nitrogens with one attached hydrogen (secondary N) is 1. The van der Waals surface area contributed by atoms with E-state index < -0.39 is 0 Å². The van der Waals surface area contributed by atoms with Gasteiger partial charge in [0.2, 0.25) is 5.91 Å². The number of fused-ring (bicyclic) bond motifs is 1. The van der Waals surface area contributed by atoms with Crippen molar-refractivity contribution >= 4 is 46.6 Å². The fraction of sp³-hybridized carbons (Fsp3) is 0.280. The summed E-state index contributed by atoms with van der Waals surface area (Å²) in [5.74, 6) is -0.162. The molecule has 1 heterocycles. The third-order valence-corrected chi connectivity index (χ3v) is 7.09. The Morgan fingerprint density at radius 3 is 2.77 bits per heavy atom. The van der Waals surface area contributed by atoms with E-state index in [0.717, 1.165) is 45.2 Å². The Morgan fingerprint density at radius 1 is 1.19 bits per heavy atom. The Kier molecular flexibility index (Phi) is 6.90. The first-order valence-electron chi connectivity index (χ1n) is 10.5. The van der Waals surface area contributed by atoms with Crippen LogP contribution in [0.2, 0.25) is 10.0 Å². The van der Waals surface area contributed by atoms with Crippen molar-refractivity contribution in [3.63, 3.8) is 0 Å². The molecule has 1 N–H and O–H groups in total. The van der Waals surface area contributed by atoms with Crippen LogP contribution < -0.4 is 5.32 Å². The molecule has 6 heteroatoms. The van der Waals surface area contributed by atoms with Gasteiger partial charge in [-0.1, -0.05) is 66.5 Å². The van der Waals surface area contributed by atoms with Crippen LogP contribution in [0, 0.1) is 12.8 Å². The number of aryl methyl sites for hydroxylation is 1. The van der Waals surface area contributed by atoms with Crippen LogP contribution in [0.3, 0.4) is 0 Å². The molecule has 1 atom stereocenters. The highest BCUT2D eigenvalue weighted by atomic mass is 35.5. The SMILES string of the molecule is CCCCNC(=O)C1C=CC2=C(C1)N=C(c1ccc(Cl)cc1Cl)c1ccc(C)cc1S2. The van der Waals surface area contributed by atoms with Gasteiger partial charge in [0.15, 0.2) is 0 Å². The number of hydrogen-bond acceptors (Lipinski definition) is 3. The van der Waals surface area contributed by atoms with Crippen LogP contribution in [0.5, 0.6) is 0 Å². The van der Waals surface area contributed by atoms with E-state index >= 15 is 0 Å². The Balaban J connectivity index is 1.74. The van der Waals surface area contributed by atoms with E-state index in [1.807, 2.05) is 24.3 Å². The highest BCUT2D eigenvalue weighted by Crippen LogP contribution is 2.42. The van der Waals surface area contributed by atoms with Crippen LogP contribution in [0.4, 0.5) is 0 Å². The number of carbonyl (C=O) groups excluding carboxylic acids is 1. The van der Waals surface area contributed by atoms with Crippen molar-refractivity contribution in [3.05, 3.63) is 85.9 Å². The minimum atomic E-state index is -0.218. The minimum Gasteiger partial charge on any atom is -0.356 e. The molecule has 160 valence electrons. The van der Waals surface area contributed by atoms with Crippen LogP contribution in [0.1, 0.15) is 42.9 Å². The van der Waals surface area contributed by atoms with Gasteiger partial charge in [-0.15, -0.1) is 0 Å². The normalized spacial score (nSPS) is 17.5. The minimum absolute atomic E-state index is 0.0557. The van der Waals surface area contributed by atoms with Crippen molar-refractivity contribution < 1.29 is 4.79 Å². The third kappa shape index (κ3) is 4.92. The van der Waals surface area contributed by atoms with Crippen molar-refractivity contribution in [1.29, 1.82) is 0 Å². The lowest BCUT2D eigenvalue weighted by atomic mass is 9.96. The van der Waals surface area contributed by atoms with Gasteiger partial charge < -0.3 is 5.32 Å². The molecule has 0 bridgehead atoms. The van der Waals surface area contributed by atoms with Crippen molar-refractivity contribution in [3.8, 4) is 0 Å². The zero-order valence-corrected chi connectivity index (χ0v) is 19.9. The number of thioether (sulfide) groups is 1. The second kappa shape index (κ2) is 9.64. The molecular formula is C25H24Cl2N2OS. The standard InChI is InChI=1S/C25H24Cl2N2OS/c1-3-4-11-28-25(30)16-6-10-22-21(13-16)29-24(18-9-7-17(26)14-20(18)27)19-8-5-15(2)12-23(19)31-22/h5-10,12,14,16H,3-4,11,13H2,1-2H3,(H,28,30). The molecule has 1 aliphatic carbocycles. The average Bonchev–Trinajstić information content (AvgIpc) is 2.89. The van der Waals surface area contributed by atoms with Crippen LogP contribution in [-0.4, -0.2) is 18.2 Å². The zero-order valence-electron chi connectivity index (χ0n) is 17.5. The van der Waals surface area contributed by atoms with Gasteiger partial charge in [0.25, 0.3) is 0 Å². The smallest absolute Gasteiger partial charge is 0.227 e. The average molecular weight is 471 g/mol. The largest absolute Gasteiger partial charge is 0.356 e. The summed E-state index contributed by atoms with van der Waals surface area (Å²) in [5.41, 5.74) is 4.79. The number of amides is 1. The van der Waals surface area contributed by atoms with Gasteiger partial charge in [-0.25, -0.2) is 0 Å². The quantitative estimate of drug-likeness (QED) is 0.480. The van der Waals surface area contributed by atoms with Gasteiger partial charge in [-0.05, 0) is 49.2 Å². The number of allylic oxidation sites excluding steroid dienone is 2. The van der Waals surface area contributed by atoms with Gasteiger partial charge >= 0.3 is 0 Å². The van der Waals surface area contributed by atoms with Gasteiger partial charge in [0, 0.05) is 38.9 Å². The molecular weight excluding hydrogens is 447 g/mol. The maximum Gasteiger partial charge on any atom is 0.227 e. The van der Waals surface area contributed by atoms with Gasteiger partial charge in [0.1, 0.15) is 0 Å². The van der Waals surface area contributed by atoms with E-state index in [0.29, 0.717) is 23.0 Å². The summed E-state index contributed by atoms with van der Waals surface area (Å²) >= 11 is 14.4. The Bertz CT molecular complexity index is 1120. The van der Waals surface area contributed by atoms with Crippen molar-refractivity contribution in [2.75, 3.05) is 6.54 Å². The number of nitrogens with zero attached hydrogens (tertiary/aromatic N) is 1. The topological polar surface area (TPSA) is 41.5 Å². The summed E-state index contributed by atoms with van der Waals surface area (Å²) in [7, 11) is 0. The van der Waals surface area contributed by atoms with E-state index in [1.54, 1.807) is 17.8 Å². The molecule has 0 aromatic heterocycles. The van der Waals surface area contributed by atoms with Gasteiger partial charge in [-0.2, -0.15) is 0 Å². The molecule has 0 radical (unpaired) electrons. The predicted octanol–water partition coefficient (Wildman–Crippen LogP) is 6.95. The van der Waals surface area contributed by atoms with E-state index in [1.165, 1.54) is 5.56 Å². The molecule has 2 aliphatic rings. The lowest BCUT2D eigenvalue weighted by Crippen LogP contribution is -2.31. The van der Waals surface area contributed by atoms with Gasteiger partial charge in [0.05, 0.1) is 22.3 Å². The Morgan fingerprint density at radius 2 is 2.00 bits per heavy atom. The molecule has 3 nitrogen and oxygen atoms in total. The molecule has 31 heavy (non-hydrogen) atoms. The first-order chi connectivity index (χ1) is 15.0. The number of rotatable bonds is 5. The van der Waals surface area contributed by atoms with Crippen LogP contribution in [-0.2, 0) is 4.79 Å². The van der Waals surface area contributed by atoms with E-state index in [2.05, 4.69) is 37.4 Å². The Hall–Kier alpha value is -2.01. The summed E-state index contributed by atoms with van der Waals surface area (Å²) < 4.78 is 0.